The number of benzene rings is 2. The van der Waals surface area contributed by atoms with E-state index in [-0.39, 0.29) is 11.3 Å². The molecule has 0 aliphatic carbocycles. The summed E-state index contributed by atoms with van der Waals surface area (Å²) in [4.78, 5) is 0. The number of rotatable bonds is 4. The molecule has 3 aromatic rings. The molecular weight excluding hydrogens is 353 g/mol. The fourth-order valence-corrected chi connectivity index (χ4v) is 2.78. The standard InChI is InChI=1S/C19H15F2N4P/c1-12-7-14(9-15(8-12)18-17(11-22)23-25-24-18)6-5-13-3-2-4-16(10-13)19(20,21)26/h2-10H,26H2,1H3,(H,23,24,25)/b6-5+. The second-order valence-electron chi connectivity index (χ2n) is 5.85. The molecule has 0 saturated carbocycles. The molecule has 0 aliphatic heterocycles. The van der Waals surface area contributed by atoms with Crippen LogP contribution in [0.5, 0.6) is 0 Å². The first-order valence-electron chi connectivity index (χ1n) is 7.75. The Morgan fingerprint density at radius 1 is 1.12 bits per heavy atom. The molecule has 2 aromatic carbocycles. The van der Waals surface area contributed by atoms with Gasteiger partial charge in [-0.3, -0.25) is 0 Å². The van der Waals surface area contributed by atoms with Gasteiger partial charge in [0.05, 0.1) is 0 Å². The monoisotopic (exact) mass is 368 g/mol. The van der Waals surface area contributed by atoms with Gasteiger partial charge in [-0.1, -0.05) is 45.7 Å². The highest BCUT2D eigenvalue weighted by Gasteiger charge is 2.23. The Morgan fingerprint density at radius 3 is 2.62 bits per heavy atom. The third-order valence-corrected chi connectivity index (χ3v) is 4.10. The van der Waals surface area contributed by atoms with Gasteiger partial charge in [-0.15, -0.1) is 5.10 Å². The molecule has 0 fully saturated rings. The van der Waals surface area contributed by atoms with Crippen molar-refractivity contribution in [2.75, 3.05) is 0 Å². The van der Waals surface area contributed by atoms with Crippen LogP contribution in [0.1, 0.15) is 27.9 Å². The van der Waals surface area contributed by atoms with Gasteiger partial charge in [0.15, 0.2) is 5.69 Å². The van der Waals surface area contributed by atoms with Crippen molar-refractivity contribution in [3.63, 3.8) is 0 Å². The smallest absolute Gasteiger partial charge is 0.197 e. The van der Waals surface area contributed by atoms with Gasteiger partial charge in [-0.2, -0.15) is 24.4 Å². The summed E-state index contributed by atoms with van der Waals surface area (Å²) in [7, 11) is 1.54. The maximum absolute atomic E-state index is 13.4. The van der Waals surface area contributed by atoms with Gasteiger partial charge in [0.2, 0.25) is 0 Å². The van der Waals surface area contributed by atoms with Crippen LogP contribution >= 0.6 is 9.24 Å². The zero-order chi connectivity index (χ0) is 18.7. The number of nitriles is 1. The first-order chi connectivity index (χ1) is 12.4. The molecule has 1 aromatic heterocycles. The number of nitrogens with zero attached hydrogens (tertiary/aromatic N) is 3. The van der Waals surface area contributed by atoms with E-state index >= 15 is 0 Å². The van der Waals surface area contributed by atoms with Crippen LogP contribution in [0.25, 0.3) is 23.4 Å². The van der Waals surface area contributed by atoms with Crippen molar-refractivity contribution in [1.82, 2.24) is 15.4 Å². The number of hydrogen-bond acceptors (Lipinski definition) is 3. The highest BCUT2D eigenvalue weighted by atomic mass is 31.0. The molecule has 3 rings (SSSR count). The van der Waals surface area contributed by atoms with Crippen LogP contribution < -0.4 is 0 Å². The Balaban J connectivity index is 1.94. The normalized spacial score (nSPS) is 11.7. The van der Waals surface area contributed by atoms with E-state index in [1.54, 1.807) is 27.4 Å². The van der Waals surface area contributed by atoms with E-state index in [9.17, 15) is 8.78 Å². The Labute approximate surface area is 151 Å². The minimum Gasteiger partial charge on any atom is -0.197 e. The van der Waals surface area contributed by atoms with Crippen LogP contribution in [0.15, 0.2) is 42.5 Å². The number of aromatic amines is 1. The average molecular weight is 368 g/mol. The van der Waals surface area contributed by atoms with Crippen molar-refractivity contribution in [3.05, 3.63) is 70.4 Å². The van der Waals surface area contributed by atoms with Gasteiger partial charge in [0.1, 0.15) is 11.8 Å². The first-order valence-corrected chi connectivity index (χ1v) is 8.33. The second-order valence-corrected chi connectivity index (χ2v) is 6.57. The molecule has 0 amide bonds. The zero-order valence-electron chi connectivity index (χ0n) is 13.9. The van der Waals surface area contributed by atoms with Gasteiger partial charge < -0.3 is 0 Å². The first kappa shape index (κ1) is 17.9. The summed E-state index contributed by atoms with van der Waals surface area (Å²) < 4.78 is 26.9. The third kappa shape index (κ3) is 4.01. The summed E-state index contributed by atoms with van der Waals surface area (Å²) in [6, 6.07) is 13.9. The van der Waals surface area contributed by atoms with Crippen LogP contribution in [-0.4, -0.2) is 15.4 Å². The molecule has 1 unspecified atom stereocenters. The lowest BCUT2D eigenvalue weighted by Gasteiger charge is -2.10. The summed E-state index contributed by atoms with van der Waals surface area (Å²) in [6.45, 7) is 1.93. The number of alkyl halides is 2. The molecule has 0 aliphatic rings. The van der Waals surface area contributed by atoms with Gasteiger partial charge >= 0.3 is 0 Å². The molecule has 26 heavy (non-hydrogen) atoms. The van der Waals surface area contributed by atoms with E-state index in [0.717, 1.165) is 16.7 Å². The molecule has 0 bridgehead atoms. The SMILES string of the molecule is Cc1cc(/C=C/c2cccc(C(F)(F)P)c2)cc(-c2n[nH]nc2C#N)c1. The predicted octanol–water partition coefficient (Wildman–Crippen LogP) is 4.75. The molecule has 4 nitrogen and oxygen atoms in total. The largest absolute Gasteiger partial charge is 0.283 e. The van der Waals surface area contributed by atoms with Crippen LogP contribution in [0.4, 0.5) is 8.78 Å². The van der Waals surface area contributed by atoms with Crippen LogP contribution in [0, 0.1) is 18.3 Å². The minimum atomic E-state index is -2.96. The van der Waals surface area contributed by atoms with Crippen molar-refractivity contribution in [2.45, 2.75) is 12.6 Å². The number of nitrogens with one attached hydrogen (secondary N) is 1. The summed E-state index contributed by atoms with van der Waals surface area (Å²) in [5.41, 5.74) is 0.981. The van der Waals surface area contributed by atoms with Gasteiger partial charge in [0.25, 0.3) is 5.66 Å². The second kappa shape index (κ2) is 7.15. The van der Waals surface area contributed by atoms with Gasteiger partial charge in [-0.25, -0.2) is 0 Å². The minimum absolute atomic E-state index is 0.0594. The Hall–Kier alpha value is -2.90. The zero-order valence-corrected chi connectivity index (χ0v) is 15.0. The summed E-state index contributed by atoms with van der Waals surface area (Å²) in [5.74, 6) is 0. The predicted molar refractivity (Wildman–Crippen MR) is 100 cm³/mol. The maximum atomic E-state index is 13.4. The van der Waals surface area contributed by atoms with E-state index in [4.69, 9.17) is 5.26 Å². The van der Waals surface area contributed by atoms with E-state index < -0.39 is 5.66 Å². The van der Waals surface area contributed by atoms with E-state index in [1.807, 2.05) is 37.3 Å². The molecular formula is C19H15F2N4P. The molecule has 1 N–H and O–H groups in total. The summed E-state index contributed by atoms with van der Waals surface area (Å²) in [5, 5.41) is 19.4. The Bertz CT molecular complexity index is 1010. The lowest BCUT2D eigenvalue weighted by Crippen LogP contribution is -2.01. The number of hydrogen-bond donors (Lipinski definition) is 1. The molecule has 7 heteroatoms. The number of aromatic nitrogens is 3. The Morgan fingerprint density at radius 2 is 1.88 bits per heavy atom. The van der Waals surface area contributed by atoms with Crippen LogP contribution in [0.2, 0.25) is 0 Å². The topological polar surface area (TPSA) is 65.4 Å². The van der Waals surface area contributed by atoms with Crippen molar-refractivity contribution < 1.29 is 8.78 Å². The number of H-pyrrole nitrogens is 1. The summed E-state index contributed by atoms with van der Waals surface area (Å²) in [6.07, 6.45) is 3.61. The van der Waals surface area contributed by atoms with Crippen molar-refractivity contribution >= 4 is 21.4 Å². The van der Waals surface area contributed by atoms with Gasteiger partial charge in [-0.05, 0) is 41.8 Å². The fourth-order valence-electron chi connectivity index (χ4n) is 2.60. The molecule has 0 spiro atoms. The lowest BCUT2D eigenvalue weighted by molar-refractivity contribution is 0.104. The molecule has 0 saturated heterocycles. The lowest BCUT2D eigenvalue weighted by atomic mass is 10.0. The fraction of sp³-hybridized carbons (Fsp3) is 0.105. The van der Waals surface area contributed by atoms with Crippen LogP contribution in [0.3, 0.4) is 0 Å². The Kier molecular flexibility index (Phi) is 4.92. The van der Waals surface area contributed by atoms with Crippen molar-refractivity contribution in [2.24, 2.45) is 0 Å². The molecule has 130 valence electrons. The van der Waals surface area contributed by atoms with Crippen molar-refractivity contribution in [1.29, 1.82) is 5.26 Å². The van der Waals surface area contributed by atoms with E-state index in [1.165, 1.54) is 12.1 Å². The maximum Gasteiger partial charge on any atom is 0.283 e. The summed E-state index contributed by atoms with van der Waals surface area (Å²) >= 11 is 0. The van der Waals surface area contributed by atoms with E-state index in [2.05, 4.69) is 15.4 Å². The highest BCUT2D eigenvalue weighted by molar-refractivity contribution is 7.17. The number of halogens is 2. The molecule has 1 heterocycles. The molecule has 0 radical (unpaired) electrons. The third-order valence-electron chi connectivity index (χ3n) is 3.77. The van der Waals surface area contributed by atoms with E-state index in [0.29, 0.717) is 11.3 Å². The quantitative estimate of drug-likeness (QED) is 0.534. The highest BCUT2D eigenvalue weighted by Crippen LogP contribution is 2.35. The number of aryl methyl sites for hydroxylation is 1. The molecule has 1 atom stereocenters. The van der Waals surface area contributed by atoms with Crippen molar-refractivity contribution in [3.8, 4) is 17.3 Å². The van der Waals surface area contributed by atoms with Gasteiger partial charge in [0, 0.05) is 11.1 Å². The van der Waals surface area contributed by atoms with Crippen LogP contribution in [-0.2, 0) is 5.66 Å². The average Bonchev–Trinajstić information content (AvgIpc) is 3.08.